The van der Waals surface area contributed by atoms with E-state index in [0.717, 1.165) is 11.1 Å². The maximum absolute atomic E-state index is 12.0. The third-order valence-electron chi connectivity index (χ3n) is 3.76. The van der Waals surface area contributed by atoms with Gasteiger partial charge in [-0.1, -0.05) is 36.4 Å². The Balaban J connectivity index is 0.00000147. The summed E-state index contributed by atoms with van der Waals surface area (Å²) in [5.74, 6) is -0.296. The second-order valence-electron chi connectivity index (χ2n) is 5.20. The highest BCUT2D eigenvalue weighted by molar-refractivity contribution is 5.87. The molecule has 0 bridgehead atoms. The fraction of sp³-hybridized carbons (Fsp3) is 0.312. The molecular formula is C16H18ClNO2. The van der Waals surface area contributed by atoms with E-state index >= 15 is 0 Å². The first-order chi connectivity index (χ1) is 9.12. The summed E-state index contributed by atoms with van der Waals surface area (Å²) in [6.07, 6.45) is 1.12. The Morgan fingerprint density at radius 3 is 2.15 bits per heavy atom. The Kier molecular flexibility index (Phi) is 4.02. The van der Waals surface area contributed by atoms with Gasteiger partial charge in [-0.05, 0) is 28.8 Å². The molecule has 2 aromatic rings. The summed E-state index contributed by atoms with van der Waals surface area (Å²) in [4.78, 5) is 12.0. The van der Waals surface area contributed by atoms with Crippen LogP contribution in [0.1, 0.15) is 18.1 Å². The van der Waals surface area contributed by atoms with Crippen molar-refractivity contribution < 1.29 is 9.53 Å². The molecule has 0 radical (unpaired) electrons. The van der Waals surface area contributed by atoms with E-state index in [1.807, 2.05) is 12.1 Å². The summed E-state index contributed by atoms with van der Waals surface area (Å²) < 4.78 is 5.09. The van der Waals surface area contributed by atoms with E-state index in [9.17, 15) is 4.79 Å². The van der Waals surface area contributed by atoms with E-state index in [-0.39, 0.29) is 18.4 Å². The summed E-state index contributed by atoms with van der Waals surface area (Å²) in [5, 5.41) is 2.38. The van der Waals surface area contributed by atoms with Gasteiger partial charge in [0.05, 0.1) is 6.61 Å². The van der Waals surface area contributed by atoms with E-state index in [0.29, 0.717) is 19.4 Å². The fourth-order valence-corrected chi connectivity index (χ4v) is 2.83. The molecule has 106 valence electrons. The highest BCUT2D eigenvalue weighted by atomic mass is 35.5. The van der Waals surface area contributed by atoms with Gasteiger partial charge in [0.2, 0.25) is 0 Å². The zero-order chi connectivity index (χ0) is 13.5. The molecule has 2 N–H and O–H groups in total. The maximum Gasteiger partial charge on any atom is 0.326 e. The van der Waals surface area contributed by atoms with Gasteiger partial charge in [-0.15, -0.1) is 12.4 Å². The minimum absolute atomic E-state index is 0. The van der Waals surface area contributed by atoms with Gasteiger partial charge < -0.3 is 10.5 Å². The van der Waals surface area contributed by atoms with Gasteiger partial charge >= 0.3 is 5.97 Å². The third kappa shape index (κ3) is 2.39. The largest absolute Gasteiger partial charge is 0.465 e. The summed E-state index contributed by atoms with van der Waals surface area (Å²) >= 11 is 0. The number of ether oxygens (including phenoxy) is 1. The van der Waals surface area contributed by atoms with Crippen molar-refractivity contribution in [2.45, 2.75) is 25.3 Å². The van der Waals surface area contributed by atoms with Crippen molar-refractivity contribution in [1.29, 1.82) is 0 Å². The lowest BCUT2D eigenvalue weighted by molar-refractivity contribution is -0.149. The van der Waals surface area contributed by atoms with Crippen molar-refractivity contribution >= 4 is 29.1 Å². The summed E-state index contributed by atoms with van der Waals surface area (Å²) in [6.45, 7) is 2.17. The average Bonchev–Trinajstić information content (AvgIpc) is 2.72. The molecule has 0 unspecified atom stereocenters. The topological polar surface area (TPSA) is 52.3 Å². The van der Waals surface area contributed by atoms with Crippen molar-refractivity contribution in [2.75, 3.05) is 6.61 Å². The number of esters is 1. The molecule has 0 amide bonds. The zero-order valence-electron chi connectivity index (χ0n) is 11.4. The minimum Gasteiger partial charge on any atom is -0.465 e. The molecule has 0 aromatic heterocycles. The predicted octanol–water partition coefficient (Wildman–Crippen LogP) is 2.62. The van der Waals surface area contributed by atoms with Crippen LogP contribution in [-0.2, 0) is 22.4 Å². The van der Waals surface area contributed by atoms with Crippen LogP contribution in [-0.4, -0.2) is 18.1 Å². The molecule has 20 heavy (non-hydrogen) atoms. The van der Waals surface area contributed by atoms with Crippen molar-refractivity contribution in [1.82, 2.24) is 0 Å². The summed E-state index contributed by atoms with van der Waals surface area (Å²) in [7, 11) is 0. The van der Waals surface area contributed by atoms with Crippen molar-refractivity contribution in [2.24, 2.45) is 5.73 Å². The fourth-order valence-electron chi connectivity index (χ4n) is 2.83. The Bertz CT molecular complexity index is 609. The lowest BCUT2D eigenvalue weighted by atomic mass is 9.97. The van der Waals surface area contributed by atoms with Crippen LogP contribution in [0.25, 0.3) is 10.8 Å². The molecule has 0 aliphatic heterocycles. The predicted molar refractivity (Wildman–Crippen MR) is 82.2 cm³/mol. The van der Waals surface area contributed by atoms with Gasteiger partial charge in [0.15, 0.2) is 0 Å². The second-order valence-corrected chi connectivity index (χ2v) is 5.20. The number of benzene rings is 2. The van der Waals surface area contributed by atoms with Gasteiger partial charge in [-0.3, -0.25) is 4.79 Å². The number of nitrogens with two attached hydrogens (primary N) is 1. The molecule has 3 rings (SSSR count). The van der Waals surface area contributed by atoms with Gasteiger partial charge in [0.25, 0.3) is 0 Å². The molecule has 2 aromatic carbocycles. The summed E-state index contributed by atoms with van der Waals surface area (Å²) in [6, 6.07) is 12.5. The maximum atomic E-state index is 12.0. The normalized spacial score (nSPS) is 15.5. The number of rotatable bonds is 2. The van der Waals surface area contributed by atoms with Crippen LogP contribution in [0, 0.1) is 0 Å². The Morgan fingerprint density at radius 1 is 1.20 bits per heavy atom. The number of halogens is 1. The molecule has 0 fully saturated rings. The van der Waals surface area contributed by atoms with Crippen LogP contribution in [0.15, 0.2) is 36.4 Å². The van der Waals surface area contributed by atoms with Crippen LogP contribution < -0.4 is 5.73 Å². The smallest absolute Gasteiger partial charge is 0.326 e. The van der Waals surface area contributed by atoms with Gasteiger partial charge in [-0.25, -0.2) is 0 Å². The molecular weight excluding hydrogens is 274 g/mol. The van der Waals surface area contributed by atoms with E-state index in [4.69, 9.17) is 10.5 Å². The van der Waals surface area contributed by atoms with Crippen LogP contribution in [0.4, 0.5) is 0 Å². The molecule has 3 nitrogen and oxygen atoms in total. The lowest BCUT2D eigenvalue weighted by Crippen LogP contribution is -2.50. The minimum atomic E-state index is -0.893. The number of carbonyl (C=O) groups is 1. The quantitative estimate of drug-likeness (QED) is 0.866. The van der Waals surface area contributed by atoms with Gasteiger partial charge in [-0.2, -0.15) is 0 Å². The first kappa shape index (κ1) is 14.8. The second kappa shape index (κ2) is 5.43. The molecule has 0 saturated heterocycles. The van der Waals surface area contributed by atoms with Crippen LogP contribution in [0.3, 0.4) is 0 Å². The number of carbonyl (C=O) groups excluding carboxylic acids is 1. The molecule has 1 aliphatic rings. The lowest BCUT2D eigenvalue weighted by Gasteiger charge is -2.20. The van der Waals surface area contributed by atoms with Gasteiger partial charge in [0.1, 0.15) is 5.54 Å². The number of hydrogen-bond donors (Lipinski definition) is 1. The highest BCUT2D eigenvalue weighted by Crippen LogP contribution is 2.32. The SMILES string of the molecule is CCOC(=O)C1(N)Cc2cc3ccccc3cc2C1.Cl. The average molecular weight is 292 g/mol. The first-order valence-electron chi connectivity index (χ1n) is 6.59. The molecule has 0 spiro atoms. The van der Waals surface area contributed by atoms with E-state index in [2.05, 4.69) is 24.3 Å². The van der Waals surface area contributed by atoms with Crippen LogP contribution in [0.2, 0.25) is 0 Å². The molecule has 0 saturated carbocycles. The number of fused-ring (bicyclic) bond motifs is 2. The number of hydrogen-bond acceptors (Lipinski definition) is 3. The molecule has 0 heterocycles. The highest BCUT2D eigenvalue weighted by Gasteiger charge is 2.41. The van der Waals surface area contributed by atoms with E-state index in [1.165, 1.54) is 10.8 Å². The Labute approximate surface area is 124 Å². The van der Waals surface area contributed by atoms with E-state index < -0.39 is 5.54 Å². The Morgan fingerprint density at radius 2 is 1.70 bits per heavy atom. The summed E-state index contributed by atoms with van der Waals surface area (Å²) in [5.41, 5.74) is 7.66. The third-order valence-corrected chi connectivity index (χ3v) is 3.76. The molecule has 0 atom stereocenters. The first-order valence-corrected chi connectivity index (χ1v) is 6.59. The molecule has 1 aliphatic carbocycles. The van der Waals surface area contributed by atoms with Crippen molar-refractivity contribution in [3.05, 3.63) is 47.5 Å². The zero-order valence-corrected chi connectivity index (χ0v) is 12.2. The van der Waals surface area contributed by atoms with Crippen molar-refractivity contribution in [3.63, 3.8) is 0 Å². The van der Waals surface area contributed by atoms with Crippen molar-refractivity contribution in [3.8, 4) is 0 Å². The Hall–Kier alpha value is -1.58. The van der Waals surface area contributed by atoms with E-state index in [1.54, 1.807) is 6.92 Å². The monoisotopic (exact) mass is 291 g/mol. The van der Waals surface area contributed by atoms with Crippen LogP contribution in [0.5, 0.6) is 0 Å². The van der Waals surface area contributed by atoms with Gasteiger partial charge in [0, 0.05) is 12.8 Å². The van der Waals surface area contributed by atoms with Crippen LogP contribution >= 0.6 is 12.4 Å². The molecule has 4 heteroatoms. The standard InChI is InChI=1S/C16H17NO2.ClH/c1-2-19-15(18)16(17)9-13-7-11-5-3-4-6-12(11)8-14(13)10-16;/h3-8H,2,9-10,17H2,1H3;1H.